The van der Waals surface area contributed by atoms with Gasteiger partial charge in [-0.05, 0) is 42.0 Å². The van der Waals surface area contributed by atoms with Crippen molar-refractivity contribution in [3.05, 3.63) is 69.3 Å². The van der Waals surface area contributed by atoms with Crippen molar-refractivity contribution in [2.24, 2.45) is 7.05 Å². The van der Waals surface area contributed by atoms with Gasteiger partial charge in [0.1, 0.15) is 12.1 Å². The molecule has 4 rings (SSSR count). The minimum Gasteiger partial charge on any atom is -0.338 e. The van der Waals surface area contributed by atoms with E-state index in [1.54, 1.807) is 11.8 Å². The molecule has 1 aromatic heterocycles. The summed E-state index contributed by atoms with van der Waals surface area (Å²) in [6.07, 6.45) is 4.25. The molecule has 0 saturated carbocycles. The van der Waals surface area contributed by atoms with Crippen molar-refractivity contribution >= 4 is 57.6 Å². The lowest BCUT2D eigenvalue weighted by Crippen LogP contribution is -2.28. The van der Waals surface area contributed by atoms with Crippen molar-refractivity contribution in [3.8, 4) is 0 Å². The maximum absolute atomic E-state index is 6.40. The Morgan fingerprint density at radius 1 is 1.12 bits per heavy atom. The number of fused-ring (bicyclic) bond motifs is 2. The van der Waals surface area contributed by atoms with E-state index in [-0.39, 0.29) is 0 Å². The number of aryl methyl sites for hydroxylation is 1. The maximum Gasteiger partial charge on any atom is 0.231 e. The van der Waals surface area contributed by atoms with Crippen molar-refractivity contribution in [1.82, 2.24) is 0 Å². The zero-order valence-electron chi connectivity index (χ0n) is 13.3. The van der Waals surface area contributed by atoms with Gasteiger partial charge in [-0.2, -0.15) is 4.57 Å². The summed E-state index contributed by atoms with van der Waals surface area (Å²) in [4.78, 5) is 3.40. The third-order valence-electron chi connectivity index (χ3n) is 4.23. The third-order valence-corrected chi connectivity index (χ3v) is 5.94. The molecule has 3 aromatic rings. The first-order valence-corrected chi connectivity index (χ1v) is 9.11. The van der Waals surface area contributed by atoms with Gasteiger partial charge in [-0.25, -0.2) is 0 Å². The van der Waals surface area contributed by atoms with Crippen LogP contribution in [0.2, 0.25) is 10.0 Å². The minimum absolute atomic E-state index is 0.756. The highest BCUT2D eigenvalue weighted by Gasteiger charge is 2.23. The number of nitrogens with zero attached hydrogens (tertiary/aromatic N) is 2. The molecular formula is C19H15Cl2N2S+. The molecule has 24 heavy (non-hydrogen) atoms. The molecule has 2 heterocycles. The third kappa shape index (κ3) is 2.57. The molecule has 0 fully saturated rings. The number of anilines is 1. The number of aromatic nitrogens is 1. The van der Waals surface area contributed by atoms with Crippen LogP contribution >= 0.6 is 35.0 Å². The molecule has 0 spiro atoms. The Kier molecular flexibility index (Phi) is 3.95. The van der Waals surface area contributed by atoms with E-state index >= 15 is 0 Å². The Bertz CT molecular complexity index is 990. The van der Waals surface area contributed by atoms with Crippen LogP contribution in [0.25, 0.3) is 17.0 Å². The smallest absolute Gasteiger partial charge is 0.231 e. The topological polar surface area (TPSA) is 7.12 Å². The molecule has 0 unspecified atom stereocenters. The number of hydrogen-bond donors (Lipinski definition) is 0. The number of pyridine rings is 1. The van der Waals surface area contributed by atoms with Gasteiger partial charge in [-0.1, -0.05) is 41.0 Å². The van der Waals surface area contributed by atoms with Crippen molar-refractivity contribution in [2.45, 2.75) is 4.90 Å². The SMILES string of the molecule is CN1/C(=C/c2cc[n+](C)c3c(Cl)cccc23)Sc2ccc(Cl)cc21. The normalized spacial score (nSPS) is 15.3. The average molecular weight is 374 g/mol. The number of halogens is 2. The predicted molar refractivity (Wildman–Crippen MR) is 104 cm³/mol. The first-order valence-electron chi connectivity index (χ1n) is 7.54. The molecule has 0 aliphatic carbocycles. The molecule has 0 amide bonds. The number of hydrogen-bond acceptors (Lipinski definition) is 2. The molecule has 0 saturated heterocycles. The summed E-state index contributed by atoms with van der Waals surface area (Å²) < 4.78 is 2.06. The first kappa shape index (κ1) is 15.8. The first-order chi connectivity index (χ1) is 11.5. The summed E-state index contributed by atoms with van der Waals surface area (Å²) in [7, 11) is 4.08. The van der Waals surface area contributed by atoms with Crippen LogP contribution in [0.3, 0.4) is 0 Å². The lowest BCUT2D eigenvalue weighted by atomic mass is 10.1. The quantitative estimate of drug-likeness (QED) is 0.519. The number of thioether (sulfide) groups is 1. The Hall–Kier alpha value is -1.68. The lowest BCUT2D eigenvalue weighted by molar-refractivity contribution is -0.644. The van der Waals surface area contributed by atoms with Crippen LogP contribution in [0.15, 0.2) is 58.6 Å². The molecule has 1 aliphatic heterocycles. The standard InChI is InChI=1S/C19H15Cl2N2S/c1-22-9-8-12(14-4-3-5-15(21)19(14)22)10-18-23(2)16-11-13(20)6-7-17(16)24-18/h3-11H,1-2H3/q+1. The zero-order chi connectivity index (χ0) is 16.8. The van der Waals surface area contributed by atoms with Crippen LogP contribution in [-0.2, 0) is 7.05 Å². The molecule has 5 heteroatoms. The lowest BCUT2D eigenvalue weighted by Gasteiger charge is -2.14. The van der Waals surface area contributed by atoms with Crippen molar-refractivity contribution < 1.29 is 4.57 Å². The van der Waals surface area contributed by atoms with Gasteiger partial charge >= 0.3 is 0 Å². The van der Waals surface area contributed by atoms with E-state index in [1.807, 2.05) is 37.5 Å². The number of benzene rings is 2. The van der Waals surface area contributed by atoms with Gasteiger partial charge < -0.3 is 4.90 Å². The fourth-order valence-electron chi connectivity index (χ4n) is 2.99. The highest BCUT2D eigenvalue weighted by molar-refractivity contribution is 8.03. The predicted octanol–water partition coefficient (Wildman–Crippen LogP) is 5.51. The van der Waals surface area contributed by atoms with Crippen LogP contribution < -0.4 is 9.47 Å². The van der Waals surface area contributed by atoms with Gasteiger partial charge in [0.25, 0.3) is 0 Å². The fourth-order valence-corrected chi connectivity index (χ4v) is 4.54. The monoisotopic (exact) mass is 373 g/mol. The second-order valence-electron chi connectivity index (χ2n) is 5.77. The Labute approximate surface area is 155 Å². The maximum atomic E-state index is 6.40. The van der Waals surface area contributed by atoms with Gasteiger partial charge in [-0.3, -0.25) is 0 Å². The van der Waals surface area contributed by atoms with Crippen molar-refractivity contribution in [2.75, 3.05) is 11.9 Å². The Morgan fingerprint density at radius 3 is 2.79 bits per heavy atom. The van der Waals surface area contributed by atoms with Gasteiger partial charge in [0.2, 0.25) is 5.52 Å². The molecule has 2 nitrogen and oxygen atoms in total. The molecule has 120 valence electrons. The minimum atomic E-state index is 0.756. The van der Waals surface area contributed by atoms with E-state index in [0.717, 1.165) is 32.2 Å². The van der Waals surface area contributed by atoms with Crippen LogP contribution in [0.4, 0.5) is 5.69 Å². The van der Waals surface area contributed by atoms with E-state index in [0.29, 0.717) is 0 Å². The van der Waals surface area contributed by atoms with Gasteiger partial charge in [-0.15, -0.1) is 0 Å². The highest BCUT2D eigenvalue weighted by atomic mass is 35.5. The van der Waals surface area contributed by atoms with Crippen LogP contribution in [0, 0.1) is 0 Å². The summed E-state index contributed by atoms with van der Waals surface area (Å²) >= 11 is 14.3. The molecule has 0 bridgehead atoms. The van der Waals surface area contributed by atoms with Crippen molar-refractivity contribution in [3.63, 3.8) is 0 Å². The zero-order valence-corrected chi connectivity index (χ0v) is 15.6. The number of para-hydroxylation sites is 1. The molecular weight excluding hydrogens is 359 g/mol. The van der Waals surface area contributed by atoms with E-state index in [4.69, 9.17) is 23.2 Å². The van der Waals surface area contributed by atoms with Crippen LogP contribution in [0.5, 0.6) is 0 Å². The molecule has 0 radical (unpaired) electrons. The summed E-state index contributed by atoms with van der Waals surface area (Å²) in [5.41, 5.74) is 3.33. The summed E-state index contributed by atoms with van der Waals surface area (Å²) in [5.74, 6) is 0. The second kappa shape index (κ2) is 5.99. The Morgan fingerprint density at radius 2 is 1.96 bits per heavy atom. The summed E-state index contributed by atoms with van der Waals surface area (Å²) in [6, 6.07) is 14.2. The van der Waals surface area contributed by atoms with Crippen LogP contribution in [0.1, 0.15) is 5.56 Å². The summed E-state index contributed by atoms with van der Waals surface area (Å²) in [5, 5.41) is 3.83. The molecule has 2 aromatic carbocycles. The highest BCUT2D eigenvalue weighted by Crippen LogP contribution is 2.46. The van der Waals surface area contributed by atoms with Crippen molar-refractivity contribution in [1.29, 1.82) is 0 Å². The molecule has 0 atom stereocenters. The van der Waals surface area contributed by atoms with E-state index in [1.165, 1.54) is 9.92 Å². The van der Waals surface area contributed by atoms with E-state index in [9.17, 15) is 0 Å². The molecule has 1 aliphatic rings. The number of rotatable bonds is 1. The van der Waals surface area contributed by atoms with Gasteiger partial charge in [0, 0.05) is 23.0 Å². The summed E-state index contributed by atoms with van der Waals surface area (Å²) in [6.45, 7) is 0. The second-order valence-corrected chi connectivity index (χ2v) is 7.68. The van der Waals surface area contributed by atoms with E-state index in [2.05, 4.69) is 40.8 Å². The van der Waals surface area contributed by atoms with Gasteiger partial charge in [0.15, 0.2) is 6.20 Å². The average Bonchev–Trinajstić information content (AvgIpc) is 2.86. The molecule has 0 N–H and O–H groups in total. The Balaban J connectivity index is 1.85. The largest absolute Gasteiger partial charge is 0.338 e. The van der Waals surface area contributed by atoms with Gasteiger partial charge in [0.05, 0.1) is 16.1 Å². The van der Waals surface area contributed by atoms with E-state index < -0.39 is 0 Å². The fraction of sp³-hybridized carbons (Fsp3) is 0.105. The van der Waals surface area contributed by atoms with Crippen LogP contribution in [-0.4, -0.2) is 7.05 Å².